The summed E-state index contributed by atoms with van der Waals surface area (Å²) in [7, 11) is 2.66. The van der Waals surface area contributed by atoms with Crippen LogP contribution in [0.3, 0.4) is 0 Å². The van der Waals surface area contributed by atoms with Gasteiger partial charge in [-0.25, -0.2) is 4.79 Å². The molecule has 2 rings (SSSR count). The standard InChI is InChI=1S/C11H9F3N2O2S/c1-16-7(3-4-15-16)6-5-8(10(17)18-2)19-9(6)11(12,13)14/h3-5H,1-2H3. The van der Waals surface area contributed by atoms with Crippen LogP contribution in [-0.2, 0) is 18.0 Å². The summed E-state index contributed by atoms with van der Waals surface area (Å²) in [5, 5.41) is 3.83. The first kappa shape index (κ1) is 13.6. The molecule has 0 saturated heterocycles. The molecule has 0 aliphatic rings. The zero-order chi connectivity index (χ0) is 14.2. The van der Waals surface area contributed by atoms with Gasteiger partial charge in [-0.05, 0) is 12.1 Å². The Kier molecular flexibility index (Phi) is 3.36. The number of rotatable bonds is 2. The molecule has 0 N–H and O–H groups in total. The van der Waals surface area contributed by atoms with Gasteiger partial charge in [-0.3, -0.25) is 4.68 Å². The molecule has 2 heterocycles. The highest BCUT2D eigenvalue weighted by atomic mass is 32.1. The van der Waals surface area contributed by atoms with Gasteiger partial charge in [0.1, 0.15) is 9.75 Å². The molecule has 8 heteroatoms. The lowest BCUT2D eigenvalue weighted by molar-refractivity contribution is -0.133. The van der Waals surface area contributed by atoms with Crippen molar-refractivity contribution in [3.63, 3.8) is 0 Å². The number of carbonyl (C=O) groups excluding carboxylic acids is 1. The van der Waals surface area contributed by atoms with Gasteiger partial charge in [-0.15, -0.1) is 11.3 Å². The molecule has 0 unspecified atom stereocenters. The van der Waals surface area contributed by atoms with Crippen LogP contribution in [0.15, 0.2) is 18.3 Å². The number of nitrogens with zero attached hydrogens (tertiary/aromatic N) is 2. The molecular formula is C11H9F3N2O2S. The second-order valence-electron chi connectivity index (χ2n) is 3.68. The fourth-order valence-electron chi connectivity index (χ4n) is 1.63. The number of aryl methyl sites for hydroxylation is 1. The van der Waals surface area contributed by atoms with Crippen LogP contribution in [0, 0.1) is 0 Å². The Labute approximate surface area is 110 Å². The number of ether oxygens (including phenoxy) is 1. The normalized spacial score (nSPS) is 11.6. The number of hydrogen-bond acceptors (Lipinski definition) is 4. The van der Waals surface area contributed by atoms with Gasteiger partial charge in [0, 0.05) is 18.8 Å². The second-order valence-corrected chi connectivity index (χ2v) is 4.74. The summed E-state index contributed by atoms with van der Waals surface area (Å²) in [5.74, 6) is -0.788. The smallest absolute Gasteiger partial charge is 0.426 e. The monoisotopic (exact) mass is 290 g/mol. The average Bonchev–Trinajstić information content (AvgIpc) is 2.92. The SMILES string of the molecule is COC(=O)c1cc(-c2ccnn2C)c(C(F)(F)F)s1. The highest BCUT2D eigenvalue weighted by Crippen LogP contribution is 2.42. The third-order valence-electron chi connectivity index (χ3n) is 2.47. The van der Waals surface area contributed by atoms with Crippen LogP contribution in [0.5, 0.6) is 0 Å². The van der Waals surface area contributed by atoms with E-state index < -0.39 is 17.0 Å². The van der Waals surface area contributed by atoms with Gasteiger partial charge in [-0.2, -0.15) is 18.3 Å². The molecule has 0 spiro atoms. The Morgan fingerprint density at radius 1 is 1.47 bits per heavy atom. The molecule has 0 atom stereocenters. The first-order valence-electron chi connectivity index (χ1n) is 5.12. The van der Waals surface area contributed by atoms with E-state index in [4.69, 9.17) is 0 Å². The van der Waals surface area contributed by atoms with Crippen LogP contribution in [0.4, 0.5) is 13.2 Å². The first-order valence-corrected chi connectivity index (χ1v) is 5.94. The van der Waals surface area contributed by atoms with Gasteiger partial charge in [0.15, 0.2) is 0 Å². The summed E-state index contributed by atoms with van der Waals surface area (Å²) in [5.41, 5.74) is 0.219. The predicted molar refractivity (Wildman–Crippen MR) is 62.9 cm³/mol. The number of methoxy groups -OCH3 is 1. The van der Waals surface area contributed by atoms with Crippen LogP contribution in [0.25, 0.3) is 11.3 Å². The highest BCUT2D eigenvalue weighted by Gasteiger charge is 2.37. The highest BCUT2D eigenvalue weighted by molar-refractivity contribution is 7.14. The van der Waals surface area contributed by atoms with Crippen molar-refractivity contribution in [2.45, 2.75) is 6.18 Å². The Morgan fingerprint density at radius 3 is 2.63 bits per heavy atom. The summed E-state index contributed by atoms with van der Waals surface area (Å²) >= 11 is 0.365. The maximum atomic E-state index is 13.0. The van der Waals surface area contributed by atoms with E-state index in [1.165, 1.54) is 30.1 Å². The maximum Gasteiger partial charge on any atom is 0.426 e. The minimum atomic E-state index is -4.53. The lowest BCUT2D eigenvalue weighted by Gasteiger charge is -2.07. The van der Waals surface area contributed by atoms with Crippen molar-refractivity contribution in [1.82, 2.24) is 9.78 Å². The van der Waals surface area contributed by atoms with E-state index in [-0.39, 0.29) is 10.4 Å². The van der Waals surface area contributed by atoms with Crippen molar-refractivity contribution in [1.29, 1.82) is 0 Å². The number of carbonyl (C=O) groups is 1. The summed E-state index contributed by atoms with van der Waals surface area (Å²) < 4.78 is 44.7. The van der Waals surface area contributed by atoms with Crippen molar-refractivity contribution in [2.75, 3.05) is 7.11 Å². The second kappa shape index (κ2) is 4.69. The molecule has 0 aromatic carbocycles. The van der Waals surface area contributed by atoms with Crippen molar-refractivity contribution < 1.29 is 22.7 Å². The Bertz CT molecular complexity index is 616. The maximum absolute atomic E-state index is 13.0. The number of alkyl halides is 3. The lowest BCUT2D eigenvalue weighted by Crippen LogP contribution is -2.05. The van der Waals surface area contributed by atoms with E-state index in [1.807, 2.05) is 0 Å². The summed E-state index contributed by atoms with van der Waals surface area (Å²) in [6.07, 6.45) is -3.14. The molecule has 0 aliphatic heterocycles. The molecule has 4 nitrogen and oxygen atoms in total. The molecule has 19 heavy (non-hydrogen) atoms. The summed E-state index contributed by atoms with van der Waals surface area (Å²) in [6.45, 7) is 0. The van der Waals surface area contributed by atoms with E-state index in [9.17, 15) is 18.0 Å². The summed E-state index contributed by atoms with van der Waals surface area (Å²) in [6, 6.07) is 2.63. The first-order chi connectivity index (χ1) is 8.84. The van der Waals surface area contributed by atoms with Crippen LogP contribution < -0.4 is 0 Å². The molecule has 2 aromatic heterocycles. The van der Waals surface area contributed by atoms with E-state index in [0.29, 0.717) is 17.0 Å². The van der Waals surface area contributed by atoms with Gasteiger partial charge in [-0.1, -0.05) is 0 Å². The van der Waals surface area contributed by atoms with Crippen LogP contribution in [0.1, 0.15) is 14.5 Å². The molecule has 102 valence electrons. The molecule has 0 saturated carbocycles. The van der Waals surface area contributed by atoms with E-state index in [2.05, 4.69) is 9.84 Å². The fourth-order valence-corrected chi connectivity index (χ4v) is 2.58. The van der Waals surface area contributed by atoms with E-state index in [1.54, 1.807) is 0 Å². The molecule has 0 aliphatic carbocycles. The van der Waals surface area contributed by atoms with Crippen LogP contribution >= 0.6 is 11.3 Å². The van der Waals surface area contributed by atoms with Gasteiger partial charge in [0.05, 0.1) is 12.8 Å². The van der Waals surface area contributed by atoms with Crippen LogP contribution in [-0.4, -0.2) is 22.9 Å². The summed E-state index contributed by atoms with van der Waals surface area (Å²) in [4.78, 5) is 10.4. The number of esters is 1. The largest absolute Gasteiger partial charge is 0.465 e. The Balaban J connectivity index is 2.62. The Hall–Kier alpha value is -1.83. The fraction of sp³-hybridized carbons (Fsp3) is 0.273. The number of hydrogen-bond donors (Lipinski definition) is 0. The minimum absolute atomic E-state index is 0.0714. The minimum Gasteiger partial charge on any atom is -0.465 e. The number of aromatic nitrogens is 2. The lowest BCUT2D eigenvalue weighted by atomic mass is 10.1. The van der Waals surface area contributed by atoms with Gasteiger partial charge < -0.3 is 4.74 Å². The third kappa shape index (κ3) is 2.48. The van der Waals surface area contributed by atoms with Crippen molar-refractivity contribution >= 4 is 17.3 Å². The van der Waals surface area contributed by atoms with Gasteiger partial charge >= 0.3 is 12.1 Å². The zero-order valence-electron chi connectivity index (χ0n) is 9.99. The Morgan fingerprint density at radius 2 is 2.16 bits per heavy atom. The molecule has 0 fully saturated rings. The number of halogens is 3. The van der Waals surface area contributed by atoms with E-state index >= 15 is 0 Å². The van der Waals surface area contributed by atoms with Gasteiger partial charge in [0.2, 0.25) is 0 Å². The van der Waals surface area contributed by atoms with Crippen molar-refractivity contribution in [3.8, 4) is 11.3 Å². The quantitative estimate of drug-likeness (QED) is 0.799. The molecular weight excluding hydrogens is 281 g/mol. The molecule has 0 radical (unpaired) electrons. The third-order valence-corrected chi connectivity index (χ3v) is 3.63. The molecule has 2 aromatic rings. The average molecular weight is 290 g/mol. The van der Waals surface area contributed by atoms with Crippen LogP contribution in [0.2, 0.25) is 0 Å². The van der Waals surface area contributed by atoms with E-state index in [0.717, 1.165) is 7.11 Å². The van der Waals surface area contributed by atoms with Crippen molar-refractivity contribution in [2.24, 2.45) is 7.05 Å². The molecule has 0 bridgehead atoms. The number of thiophene rings is 1. The van der Waals surface area contributed by atoms with Crippen molar-refractivity contribution in [3.05, 3.63) is 28.1 Å². The predicted octanol–water partition coefficient (Wildman–Crippen LogP) is 2.95. The topological polar surface area (TPSA) is 44.1 Å². The van der Waals surface area contributed by atoms with Gasteiger partial charge in [0.25, 0.3) is 0 Å². The molecule has 0 amide bonds. The zero-order valence-corrected chi connectivity index (χ0v) is 10.8.